The van der Waals surface area contributed by atoms with E-state index in [1.54, 1.807) is 19.0 Å². The van der Waals surface area contributed by atoms with E-state index in [-0.39, 0.29) is 5.91 Å². The van der Waals surface area contributed by atoms with Gasteiger partial charge in [0.05, 0.1) is 10.6 Å². The Labute approximate surface area is 129 Å². The Morgan fingerprint density at radius 1 is 1.19 bits per heavy atom. The number of nitrogens with two attached hydrogens (primary N) is 1. The Balaban J connectivity index is 2.07. The number of nitrogens with zero attached hydrogens (tertiary/aromatic N) is 1. The molecule has 1 aromatic heterocycles. The first kappa shape index (κ1) is 14.1. The summed E-state index contributed by atoms with van der Waals surface area (Å²) in [5.74, 6) is -0.0264. The Kier molecular flexibility index (Phi) is 3.72. The summed E-state index contributed by atoms with van der Waals surface area (Å²) in [6.45, 7) is 0. The van der Waals surface area contributed by atoms with Gasteiger partial charge >= 0.3 is 0 Å². The van der Waals surface area contributed by atoms with Crippen molar-refractivity contribution in [2.45, 2.75) is 25.7 Å². The van der Waals surface area contributed by atoms with E-state index in [0.717, 1.165) is 17.5 Å². The fraction of sp³-hybridized carbons (Fsp3) is 0.353. The van der Waals surface area contributed by atoms with E-state index in [1.165, 1.54) is 41.7 Å². The Morgan fingerprint density at radius 3 is 2.62 bits per heavy atom. The maximum absolute atomic E-state index is 12.4. The average Bonchev–Trinajstić information content (AvgIpc) is 2.87. The van der Waals surface area contributed by atoms with E-state index >= 15 is 0 Å². The Bertz CT molecular complexity index is 688. The second kappa shape index (κ2) is 5.53. The van der Waals surface area contributed by atoms with Crippen molar-refractivity contribution in [3.05, 3.63) is 40.3 Å². The molecule has 0 bridgehead atoms. The van der Waals surface area contributed by atoms with Gasteiger partial charge in [-0.2, -0.15) is 0 Å². The third-order valence-electron chi connectivity index (χ3n) is 4.10. The monoisotopic (exact) mass is 300 g/mol. The molecule has 0 saturated carbocycles. The predicted molar refractivity (Wildman–Crippen MR) is 88.8 cm³/mol. The van der Waals surface area contributed by atoms with Gasteiger partial charge in [-0.3, -0.25) is 4.79 Å². The lowest BCUT2D eigenvalue weighted by atomic mass is 9.89. The molecule has 4 heteroatoms. The third-order valence-corrected chi connectivity index (χ3v) is 4.91. The van der Waals surface area contributed by atoms with Crippen LogP contribution in [-0.2, 0) is 12.8 Å². The topological polar surface area (TPSA) is 46.3 Å². The van der Waals surface area contributed by atoms with Gasteiger partial charge in [-0.1, -0.05) is 18.2 Å². The van der Waals surface area contributed by atoms with Crippen LogP contribution in [0.2, 0.25) is 0 Å². The molecule has 3 rings (SSSR count). The van der Waals surface area contributed by atoms with E-state index in [9.17, 15) is 4.79 Å². The number of hydrogen-bond acceptors (Lipinski definition) is 3. The maximum Gasteiger partial charge on any atom is 0.256 e. The molecule has 0 aliphatic heterocycles. The highest BCUT2D eigenvalue weighted by atomic mass is 32.1. The van der Waals surface area contributed by atoms with Crippen molar-refractivity contribution in [1.82, 2.24) is 4.90 Å². The summed E-state index contributed by atoms with van der Waals surface area (Å²) < 4.78 is 0. The van der Waals surface area contributed by atoms with Crippen LogP contribution in [0.1, 0.15) is 34.3 Å². The summed E-state index contributed by atoms with van der Waals surface area (Å²) in [5, 5.41) is 2.60. The molecule has 3 nitrogen and oxygen atoms in total. The lowest BCUT2D eigenvalue weighted by Gasteiger charge is -2.17. The van der Waals surface area contributed by atoms with Crippen LogP contribution in [0, 0.1) is 0 Å². The minimum absolute atomic E-state index is 0.0264. The molecule has 0 saturated heterocycles. The molecule has 0 atom stereocenters. The van der Waals surface area contributed by atoms with Gasteiger partial charge in [-0.25, -0.2) is 0 Å². The van der Waals surface area contributed by atoms with Gasteiger partial charge < -0.3 is 10.6 Å². The van der Waals surface area contributed by atoms with E-state index in [0.29, 0.717) is 10.6 Å². The molecule has 2 aromatic rings. The minimum atomic E-state index is -0.0264. The number of benzene rings is 1. The summed E-state index contributed by atoms with van der Waals surface area (Å²) >= 11 is 1.44. The zero-order valence-electron chi connectivity index (χ0n) is 12.5. The first-order chi connectivity index (χ1) is 10.1. The highest BCUT2D eigenvalue weighted by molar-refractivity contribution is 7.15. The SMILES string of the molecule is CN(C)C(=O)c1c(-c2ccc3c(c2)CCCC3)csc1N. The molecular weight excluding hydrogens is 280 g/mol. The van der Waals surface area contributed by atoms with Crippen LogP contribution in [0.25, 0.3) is 11.1 Å². The quantitative estimate of drug-likeness (QED) is 0.921. The van der Waals surface area contributed by atoms with Crippen molar-refractivity contribution >= 4 is 22.2 Å². The van der Waals surface area contributed by atoms with Crippen molar-refractivity contribution in [3.63, 3.8) is 0 Å². The van der Waals surface area contributed by atoms with Crippen LogP contribution in [0.4, 0.5) is 5.00 Å². The lowest BCUT2D eigenvalue weighted by molar-refractivity contribution is 0.0830. The van der Waals surface area contributed by atoms with Crippen molar-refractivity contribution < 1.29 is 4.79 Å². The molecule has 0 radical (unpaired) electrons. The molecule has 1 aliphatic rings. The number of anilines is 1. The second-order valence-corrected chi connectivity index (χ2v) is 6.69. The molecule has 1 aliphatic carbocycles. The number of carbonyl (C=O) groups excluding carboxylic acids is 1. The van der Waals surface area contributed by atoms with E-state index in [1.807, 2.05) is 5.38 Å². The molecule has 1 heterocycles. The van der Waals surface area contributed by atoms with Gasteiger partial charge in [-0.05, 0) is 42.4 Å². The number of nitrogen functional groups attached to an aromatic ring is 1. The zero-order chi connectivity index (χ0) is 15.0. The number of carbonyl (C=O) groups is 1. The number of amides is 1. The molecule has 110 valence electrons. The standard InChI is InChI=1S/C17H20N2OS/c1-19(2)17(20)15-14(10-21-16(15)18)13-8-7-11-5-3-4-6-12(11)9-13/h7-10H,3-6,18H2,1-2H3. The first-order valence-electron chi connectivity index (χ1n) is 7.28. The van der Waals surface area contributed by atoms with Gasteiger partial charge in [-0.15, -0.1) is 11.3 Å². The molecule has 0 fully saturated rings. The fourth-order valence-corrected chi connectivity index (χ4v) is 3.74. The number of aryl methyl sites for hydroxylation is 2. The molecule has 2 N–H and O–H groups in total. The summed E-state index contributed by atoms with van der Waals surface area (Å²) in [4.78, 5) is 13.9. The summed E-state index contributed by atoms with van der Waals surface area (Å²) in [6.07, 6.45) is 4.85. The largest absolute Gasteiger partial charge is 0.390 e. The normalized spacial score (nSPS) is 13.8. The van der Waals surface area contributed by atoms with Crippen LogP contribution in [-0.4, -0.2) is 24.9 Å². The maximum atomic E-state index is 12.4. The van der Waals surface area contributed by atoms with E-state index in [2.05, 4.69) is 18.2 Å². The van der Waals surface area contributed by atoms with Crippen LogP contribution >= 0.6 is 11.3 Å². The lowest BCUT2D eigenvalue weighted by Crippen LogP contribution is -2.22. The summed E-state index contributed by atoms with van der Waals surface area (Å²) in [7, 11) is 3.52. The first-order valence-corrected chi connectivity index (χ1v) is 8.16. The highest BCUT2D eigenvalue weighted by Gasteiger charge is 2.21. The van der Waals surface area contributed by atoms with Gasteiger partial charge in [0.25, 0.3) is 5.91 Å². The van der Waals surface area contributed by atoms with E-state index < -0.39 is 0 Å². The number of hydrogen-bond donors (Lipinski definition) is 1. The van der Waals surface area contributed by atoms with Crippen molar-refractivity contribution in [3.8, 4) is 11.1 Å². The van der Waals surface area contributed by atoms with Gasteiger partial charge in [0, 0.05) is 25.0 Å². The molecule has 1 amide bonds. The van der Waals surface area contributed by atoms with E-state index in [4.69, 9.17) is 5.73 Å². The summed E-state index contributed by atoms with van der Waals surface area (Å²) in [5.41, 5.74) is 11.6. The molecule has 21 heavy (non-hydrogen) atoms. The Morgan fingerprint density at radius 2 is 1.90 bits per heavy atom. The van der Waals surface area contributed by atoms with Crippen molar-refractivity contribution in [1.29, 1.82) is 0 Å². The molecule has 0 spiro atoms. The number of fused-ring (bicyclic) bond motifs is 1. The van der Waals surface area contributed by atoms with Crippen molar-refractivity contribution in [2.24, 2.45) is 0 Å². The highest BCUT2D eigenvalue weighted by Crippen LogP contribution is 2.36. The second-order valence-electron chi connectivity index (χ2n) is 5.78. The van der Waals surface area contributed by atoms with Crippen LogP contribution in [0.3, 0.4) is 0 Å². The minimum Gasteiger partial charge on any atom is -0.390 e. The van der Waals surface area contributed by atoms with Gasteiger partial charge in [0.2, 0.25) is 0 Å². The zero-order valence-corrected chi connectivity index (χ0v) is 13.3. The van der Waals surface area contributed by atoms with Crippen LogP contribution in [0.5, 0.6) is 0 Å². The van der Waals surface area contributed by atoms with Gasteiger partial charge in [0.15, 0.2) is 0 Å². The Hall–Kier alpha value is -1.81. The number of rotatable bonds is 2. The molecule has 1 aromatic carbocycles. The van der Waals surface area contributed by atoms with Crippen molar-refractivity contribution in [2.75, 3.05) is 19.8 Å². The predicted octanol–water partition coefficient (Wildman–Crippen LogP) is 3.58. The third kappa shape index (κ3) is 2.56. The average molecular weight is 300 g/mol. The molecular formula is C17H20N2OS. The smallest absolute Gasteiger partial charge is 0.256 e. The van der Waals surface area contributed by atoms with Crippen LogP contribution < -0.4 is 5.73 Å². The van der Waals surface area contributed by atoms with Gasteiger partial charge in [0.1, 0.15) is 0 Å². The number of thiophene rings is 1. The fourth-order valence-electron chi connectivity index (χ4n) is 2.93. The molecule has 0 unspecified atom stereocenters. The van der Waals surface area contributed by atoms with Crippen LogP contribution in [0.15, 0.2) is 23.6 Å². The summed E-state index contributed by atoms with van der Waals surface area (Å²) in [6, 6.07) is 6.57.